The van der Waals surface area contributed by atoms with Gasteiger partial charge in [0.2, 0.25) is 0 Å². The molecule has 0 unspecified atom stereocenters. The van der Waals surface area contributed by atoms with Gasteiger partial charge in [0.15, 0.2) is 11.6 Å². The fraction of sp³-hybridized carbons (Fsp3) is 0.333. The number of hydrogen-bond acceptors (Lipinski definition) is 1. The summed E-state index contributed by atoms with van der Waals surface area (Å²) in [5.74, 6) is -1.00. The number of hydrogen-bond donors (Lipinski definition) is 0. The quantitative estimate of drug-likeness (QED) is 0.393. The summed E-state index contributed by atoms with van der Waals surface area (Å²) in [6, 6.07) is 16.5. The molecule has 31 heavy (non-hydrogen) atoms. The molecule has 162 valence electrons. The standard InChI is InChI=1S/C27H27F3O/c1-2-31-17-18-6-8-19(9-7-18)22-14-15-23(26(29)16-22)20-10-12-21(13-11-20)24-4-3-5-25(28)27(24)30/h3-5,10-16,18-19H,2,6-9,17H2,1H3. The molecule has 0 aliphatic heterocycles. The van der Waals surface area contributed by atoms with Crippen molar-refractivity contribution in [3.8, 4) is 22.3 Å². The largest absolute Gasteiger partial charge is 0.381 e. The van der Waals surface area contributed by atoms with Gasteiger partial charge in [-0.2, -0.15) is 0 Å². The third-order valence-corrected chi connectivity index (χ3v) is 6.33. The van der Waals surface area contributed by atoms with Crippen LogP contribution in [0.15, 0.2) is 60.7 Å². The van der Waals surface area contributed by atoms with Gasteiger partial charge >= 0.3 is 0 Å². The van der Waals surface area contributed by atoms with Crippen molar-refractivity contribution in [1.82, 2.24) is 0 Å². The summed E-state index contributed by atoms with van der Waals surface area (Å²) in [6.07, 6.45) is 4.35. The highest BCUT2D eigenvalue weighted by Crippen LogP contribution is 2.37. The summed E-state index contributed by atoms with van der Waals surface area (Å²) in [7, 11) is 0. The van der Waals surface area contributed by atoms with Crippen molar-refractivity contribution in [1.29, 1.82) is 0 Å². The molecule has 4 heteroatoms. The lowest BCUT2D eigenvalue weighted by Gasteiger charge is -2.28. The molecule has 1 fully saturated rings. The maximum absolute atomic E-state index is 14.9. The van der Waals surface area contributed by atoms with Crippen LogP contribution in [0.3, 0.4) is 0 Å². The summed E-state index contributed by atoms with van der Waals surface area (Å²) in [5, 5.41) is 0. The van der Waals surface area contributed by atoms with Gasteiger partial charge in [0.05, 0.1) is 0 Å². The van der Waals surface area contributed by atoms with E-state index in [9.17, 15) is 13.2 Å². The van der Waals surface area contributed by atoms with Crippen molar-refractivity contribution in [2.45, 2.75) is 38.5 Å². The van der Waals surface area contributed by atoms with Crippen LogP contribution in [0.1, 0.15) is 44.1 Å². The van der Waals surface area contributed by atoms with Gasteiger partial charge in [0.1, 0.15) is 5.82 Å². The summed E-state index contributed by atoms with van der Waals surface area (Å²) in [6.45, 7) is 3.60. The molecule has 0 aromatic heterocycles. The van der Waals surface area contributed by atoms with Crippen molar-refractivity contribution in [2.75, 3.05) is 13.2 Å². The van der Waals surface area contributed by atoms with Crippen LogP contribution < -0.4 is 0 Å². The van der Waals surface area contributed by atoms with Gasteiger partial charge in [0, 0.05) is 24.3 Å². The molecule has 3 aromatic rings. The lowest BCUT2D eigenvalue weighted by molar-refractivity contribution is 0.0920. The number of halogens is 3. The molecule has 1 aliphatic rings. The maximum atomic E-state index is 14.9. The van der Waals surface area contributed by atoms with E-state index in [1.807, 2.05) is 19.1 Å². The van der Waals surface area contributed by atoms with Crippen LogP contribution in [-0.4, -0.2) is 13.2 Å². The van der Waals surface area contributed by atoms with Gasteiger partial charge in [-0.1, -0.05) is 48.5 Å². The molecule has 1 nitrogen and oxygen atoms in total. The van der Waals surface area contributed by atoms with Crippen molar-refractivity contribution in [3.05, 3.63) is 83.7 Å². The van der Waals surface area contributed by atoms with Gasteiger partial charge in [-0.25, -0.2) is 13.2 Å². The lowest BCUT2D eigenvalue weighted by atomic mass is 9.78. The van der Waals surface area contributed by atoms with Gasteiger partial charge in [0.25, 0.3) is 0 Å². The van der Waals surface area contributed by atoms with Crippen molar-refractivity contribution in [3.63, 3.8) is 0 Å². The average Bonchev–Trinajstić information content (AvgIpc) is 2.80. The Bertz CT molecular complexity index is 1020. The first kappa shape index (κ1) is 21.6. The van der Waals surface area contributed by atoms with Gasteiger partial charge in [-0.05, 0) is 73.3 Å². The van der Waals surface area contributed by atoms with E-state index in [2.05, 4.69) is 0 Å². The van der Waals surface area contributed by atoms with Gasteiger partial charge in [-0.3, -0.25) is 0 Å². The number of rotatable bonds is 6. The Morgan fingerprint density at radius 2 is 1.45 bits per heavy atom. The van der Waals surface area contributed by atoms with Crippen LogP contribution in [-0.2, 0) is 4.74 Å². The van der Waals surface area contributed by atoms with E-state index in [0.717, 1.165) is 50.5 Å². The Morgan fingerprint density at radius 3 is 2.10 bits per heavy atom. The third-order valence-electron chi connectivity index (χ3n) is 6.33. The Morgan fingerprint density at radius 1 is 0.774 bits per heavy atom. The zero-order valence-corrected chi connectivity index (χ0v) is 17.7. The van der Waals surface area contributed by atoms with E-state index in [-0.39, 0.29) is 11.4 Å². The second-order valence-electron chi connectivity index (χ2n) is 8.30. The monoisotopic (exact) mass is 424 g/mol. The molecule has 0 radical (unpaired) electrons. The topological polar surface area (TPSA) is 9.23 Å². The van der Waals surface area contributed by atoms with E-state index in [1.165, 1.54) is 12.1 Å². The highest BCUT2D eigenvalue weighted by Gasteiger charge is 2.23. The Kier molecular flexibility index (Phi) is 6.77. The Balaban J connectivity index is 1.48. The summed E-state index contributed by atoms with van der Waals surface area (Å²) in [4.78, 5) is 0. The normalized spacial score (nSPS) is 18.8. The van der Waals surface area contributed by atoms with Crippen molar-refractivity contribution >= 4 is 0 Å². The number of benzene rings is 3. The SMILES string of the molecule is CCOCC1CCC(c2ccc(-c3ccc(-c4cccc(F)c4F)cc3)c(F)c2)CC1. The molecule has 0 bridgehead atoms. The molecule has 1 aliphatic carbocycles. The zero-order valence-electron chi connectivity index (χ0n) is 17.7. The van der Waals surface area contributed by atoms with Crippen LogP contribution in [0, 0.1) is 23.4 Å². The smallest absolute Gasteiger partial charge is 0.166 e. The van der Waals surface area contributed by atoms with E-state index in [0.29, 0.717) is 28.5 Å². The maximum Gasteiger partial charge on any atom is 0.166 e. The molecule has 0 atom stereocenters. The molecule has 0 amide bonds. The molecule has 0 spiro atoms. The molecule has 0 saturated heterocycles. The molecular formula is C27H27F3O. The first-order valence-electron chi connectivity index (χ1n) is 11.0. The summed E-state index contributed by atoms with van der Waals surface area (Å²) < 4.78 is 48.0. The van der Waals surface area contributed by atoms with Gasteiger partial charge in [-0.15, -0.1) is 0 Å². The number of ether oxygens (including phenoxy) is 1. The molecule has 0 heterocycles. The highest BCUT2D eigenvalue weighted by atomic mass is 19.2. The van der Waals surface area contributed by atoms with Crippen LogP contribution >= 0.6 is 0 Å². The molecule has 0 N–H and O–H groups in total. The molecular weight excluding hydrogens is 397 g/mol. The lowest BCUT2D eigenvalue weighted by Crippen LogP contribution is -2.18. The minimum absolute atomic E-state index is 0.197. The Labute approximate surface area is 181 Å². The van der Waals surface area contributed by atoms with Crippen molar-refractivity contribution < 1.29 is 17.9 Å². The molecule has 1 saturated carbocycles. The molecule has 3 aromatic carbocycles. The summed E-state index contributed by atoms with van der Waals surface area (Å²) >= 11 is 0. The first-order chi connectivity index (χ1) is 15.1. The van der Waals surface area contributed by atoms with E-state index >= 15 is 0 Å². The molecule has 4 rings (SSSR count). The van der Waals surface area contributed by atoms with Crippen LogP contribution in [0.2, 0.25) is 0 Å². The third kappa shape index (κ3) is 4.85. The summed E-state index contributed by atoms with van der Waals surface area (Å²) in [5.41, 5.74) is 3.03. The zero-order chi connectivity index (χ0) is 21.8. The van der Waals surface area contributed by atoms with Crippen LogP contribution in [0.25, 0.3) is 22.3 Å². The van der Waals surface area contributed by atoms with Crippen LogP contribution in [0.5, 0.6) is 0 Å². The van der Waals surface area contributed by atoms with E-state index in [4.69, 9.17) is 4.74 Å². The average molecular weight is 425 g/mol. The Hall–Kier alpha value is -2.59. The second-order valence-corrected chi connectivity index (χ2v) is 8.30. The second kappa shape index (κ2) is 9.69. The first-order valence-corrected chi connectivity index (χ1v) is 11.0. The fourth-order valence-electron chi connectivity index (χ4n) is 4.52. The van der Waals surface area contributed by atoms with E-state index in [1.54, 1.807) is 30.3 Å². The van der Waals surface area contributed by atoms with Gasteiger partial charge < -0.3 is 4.74 Å². The highest BCUT2D eigenvalue weighted by molar-refractivity contribution is 5.71. The minimum Gasteiger partial charge on any atom is -0.381 e. The van der Waals surface area contributed by atoms with E-state index < -0.39 is 11.6 Å². The fourth-order valence-corrected chi connectivity index (χ4v) is 4.52. The van der Waals surface area contributed by atoms with Crippen molar-refractivity contribution in [2.24, 2.45) is 5.92 Å². The van der Waals surface area contributed by atoms with Crippen LogP contribution in [0.4, 0.5) is 13.2 Å². The minimum atomic E-state index is -0.880. The predicted molar refractivity (Wildman–Crippen MR) is 118 cm³/mol. The predicted octanol–water partition coefficient (Wildman–Crippen LogP) is 7.75.